The predicted molar refractivity (Wildman–Crippen MR) is 102 cm³/mol. The lowest BCUT2D eigenvalue weighted by Gasteiger charge is -2.38. The van der Waals surface area contributed by atoms with E-state index in [-0.39, 0.29) is 36.5 Å². The number of rotatable bonds is 5. The SMILES string of the molecule is O=C1CN(C(=O)N[C@@H](c2ccc(F)c(Cl)c2)C2CCN(C(F)C(F)F)CC2)CCN1. The summed E-state index contributed by atoms with van der Waals surface area (Å²) in [6.45, 7) is 0.792. The van der Waals surface area contributed by atoms with Gasteiger partial charge in [-0.05, 0) is 36.5 Å². The number of piperidine rings is 1. The van der Waals surface area contributed by atoms with Gasteiger partial charge in [-0.1, -0.05) is 17.7 Å². The van der Waals surface area contributed by atoms with E-state index in [9.17, 15) is 27.2 Å². The summed E-state index contributed by atoms with van der Waals surface area (Å²) < 4.78 is 52.6. The average molecular weight is 451 g/mol. The van der Waals surface area contributed by atoms with Crippen LogP contribution in [0.2, 0.25) is 5.02 Å². The van der Waals surface area contributed by atoms with E-state index in [1.807, 2.05) is 0 Å². The molecular formula is C19H23ClF4N4O2. The lowest BCUT2D eigenvalue weighted by atomic mass is 9.85. The third-order valence-corrected chi connectivity index (χ3v) is 5.80. The molecule has 1 aromatic carbocycles. The van der Waals surface area contributed by atoms with Crippen LogP contribution < -0.4 is 10.6 Å². The highest BCUT2D eigenvalue weighted by Gasteiger charge is 2.35. The molecule has 1 aromatic rings. The molecule has 2 atom stereocenters. The Hall–Kier alpha value is -2.07. The second-order valence-electron chi connectivity index (χ2n) is 7.45. The van der Waals surface area contributed by atoms with Crippen LogP contribution in [0.15, 0.2) is 18.2 Å². The number of nitrogens with one attached hydrogen (secondary N) is 2. The van der Waals surface area contributed by atoms with Crippen molar-refractivity contribution in [3.8, 4) is 0 Å². The summed E-state index contributed by atoms with van der Waals surface area (Å²) in [7, 11) is 0. The molecular weight excluding hydrogens is 428 g/mol. The zero-order chi connectivity index (χ0) is 21.8. The molecule has 3 amide bonds. The van der Waals surface area contributed by atoms with Gasteiger partial charge in [-0.15, -0.1) is 0 Å². The van der Waals surface area contributed by atoms with Crippen molar-refractivity contribution in [2.75, 3.05) is 32.7 Å². The van der Waals surface area contributed by atoms with E-state index in [2.05, 4.69) is 10.6 Å². The summed E-state index contributed by atoms with van der Waals surface area (Å²) in [4.78, 5) is 26.8. The van der Waals surface area contributed by atoms with Gasteiger partial charge in [0.1, 0.15) is 12.4 Å². The number of hydrogen-bond donors (Lipinski definition) is 2. The monoisotopic (exact) mass is 450 g/mol. The van der Waals surface area contributed by atoms with Crippen LogP contribution in [-0.4, -0.2) is 67.2 Å². The summed E-state index contributed by atoms with van der Waals surface area (Å²) in [6, 6.07) is 3.04. The van der Waals surface area contributed by atoms with Gasteiger partial charge in [0.15, 0.2) is 0 Å². The number of carbonyl (C=O) groups is 2. The molecule has 30 heavy (non-hydrogen) atoms. The fraction of sp³-hybridized carbons (Fsp3) is 0.579. The second kappa shape index (κ2) is 9.82. The third kappa shape index (κ3) is 5.34. The Balaban J connectivity index is 1.75. The fourth-order valence-electron chi connectivity index (χ4n) is 3.87. The zero-order valence-corrected chi connectivity index (χ0v) is 16.8. The van der Waals surface area contributed by atoms with Crippen molar-refractivity contribution in [3.05, 3.63) is 34.6 Å². The number of halogens is 5. The quantitative estimate of drug-likeness (QED) is 0.535. The number of carbonyl (C=O) groups excluding carboxylic acids is 2. The minimum absolute atomic E-state index is 0.0842. The van der Waals surface area contributed by atoms with E-state index in [0.29, 0.717) is 31.5 Å². The van der Waals surface area contributed by atoms with Gasteiger partial charge in [-0.2, -0.15) is 0 Å². The van der Waals surface area contributed by atoms with Gasteiger partial charge in [0.25, 0.3) is 6.43 Å². The van der Waals surface area contributed by atoms with Crippen LogP contribution in [0, 0.1) is 11.7 Å². The molecule has 0 bridgehead atoms. The van der Waals surface area contributed by atoms with Crippen LogP contribution in [0.1, 0.15) is 24.4 Å². The molecule has 0 aromatic heterocycles. The number of nitrogens with zero attached hydrogens (tertiary/aromatic N) is 2. The minimum Gasteiger partial charge on any atom is -0.353 e. The first-order chi connectivity index (χ1) is 14.3. The molecule has 11 heteroatoms. The van der Waals surface area contributed by atoms with E-state index in [1.165, 1.54) is 23.1 Å². The molecule has 2 aliphatic rings. The van der Waals surface area contributed by atoms with Gasteiger partial charge in [0, 0.05) is 26.2 Å². The van der Waals surface area contributed by atoms with Crippen molar-refractivity contribution in [3.63, 3.8) is 0 Å². The van der Waals surface area contributed by atoms with Gasteiger partial charge < -0.3 is 15.5 Å². The Bertz CT molecular complexity index is 777. The van der Waals surface area contributed by atoms with Crippen LogP contribution >= 0.6 is 11.6 Å². The molecule has 1 unspecified atom stereocenters. The van der Waals surface area contributed by atoms with E-state index < -0.39 is 30.6 Å². The standard InChI is InChI=1S/C19H23ClF4N4O2/c20-13-9-12(1-2-14(13)21)16(26-19(30)28-8-5-25-15(29)10-28)11-3-6-27(7-4-11)18(24)17(22)23/h1-2,9,11,16-18H,3-8,10H2,(H,25,29)(H,26,30)/t16-,18?/m1/s1. The Labute approximate surface area is 176 Å². The molecule has 166 valence electrons. The summed E-state index contributed by atoms with van der Waals surface area (Å²) >= 11 is 5.91. The van der Waals surface area contributed by atoms with E-state index in [0.717, 1.165) is 4.90 Å². The van der Waals surface area contributed by atoms with Crippen LogP contribution in [0.3, 0.4) is 0 Å². The van der Waals surface area contributed by atoms with Gasteiger partial charge in [0.2, 0.25) is 12.2 Å². The van der Waals surface area contributed by atoms with Gasteiger partial charge in [0.05, 0.1) is 11.1 Å². The lowest BCUT2D eigenvalue weighted by Crippen LogP contribution is -2.54. The highest BCUT2D eigenvalue weighted by molar-refractivity contribution is 6.30. The number of benzene rings is 1. The zero-order valence-electron chi connectivity index (χ0n) is 16.1. The highest BCUT2D eigenvalue weighted by atomic mass is 35.5. The number of likely N-dealkylation sites (tertiary alicyclic amines) is 1. The topological polar surface area (TPSA) is 64.7 Å². The van der Waals surface area contributed by atoms with Crippen molar-refractivity contribution < 1.29 is 27.2 Å². The molecule has 0 radical (unpaired) electrons. The molecule has 2 aliphatic heterocycles. The maximum Gasteiger partial charge on any atom is 0.318 e. The average Bonchev–Trinajstić information content (AvgIpc) is 2.73. The van der Waals surface area contributed by atoms with Gasteiger partial charge >= 0.3 is 6.03 Å². The highest BCUT2D eigenvalue weighted by Crippen LogP contribution is 2.34. The van der Waals surface area contributed by atoms with E-state index in [4.69, 9.17) is 11.6 Å². The maximum absolute atomic E-state index is 13.7. The summed E-state index contributed by atoms with van der Waals surface area (Å²) in [6.07, 6.45) is -4.70. The van der Waals surface area contributed by atoms with Crippen molar-refractivity contribution in [1.29, 1.82) is 0 Å². The van der Waals surface area contributed by atoms with E-state index >= 15 is 0 Å². The Morgan fingerprint density at radius 1 is 1.20 bits per heavy atom. The Morgan fingerprint density at radius 2 is 1.90 bits per heavy atom. The largest absolute Gasteiger partial charge is 0.353 e. The smallest absolute Gasteiger partial charge is 0.318 e. The third-order valence-electron chi connectivity index (χ3n) is 5.51. The molecule has 2 N–H and O–H groups in total. The number of alkyl halides is 3. The Kier molecular flexibility index (Phi) is 7.41. The number of piperazine rings is 1. The summed E-state index contributed by atoms with van der Waals surface area (Å²) in [5, 5.41) is 5.40. The van der Waals surface area contributed by atoms with Gasteiger partial charge in [-0.25, -0.2) is 22.4 Å². The molecule has 3 rings (SSSR count). The van der Waals surface area contributed by atoms with Crippen molar-refractivity contribution >= 4 is 23.5 Å². The lowest BCUT2D eigenvalue weighted by molar-refractivity contribution is -0.123. The Morgan fingerprint density at radius 3 is 2.50 bits per heavy atom. The van der Waals surface area contributed by atoms with Crippen LogP contribution in [-0.2, 0) is 4.79 Å². The van der Waals surface area contributed by atoms with Crippen LogP contribution in [0.5, 0.6) is 0 Å². The molecule has 2 heterocycles. The molecule has 2 saturated heterocycles. The molecule has 0 saturated carbocycles. The van der Waals surface area contributed by atoms with Crippen LogP contribution in [0.25, 0.3) is 0 Å². The van der Waals surface area contributed by atoms with Gasteiger partial charge in [-0.3, -0.25) is 9.69 Å². The van der Waals surface area contributed by atoms with E-state index in [1.54, 1.807) is 0 Å². The molecule has 2 fully saturated rings. The molecule has 0 aliphatic carbocycles. The normalized spacial score (nSPS) is 20.7. The maximum atomic E-state index is 13.7. The van der Waals surface area contributed by atoms with Crippen molar-refractivity contribution in [2.45, 2.75) is 31.6 Å². The summed E-state index contributed by atoms with van der Waals surface area (Å²) in [5.41, 5.74) is 0.556. The number of urea groups is 1. The van der Waals surface area contributed by atoms with Crippen LogP contribution in [0.4, 0.5) is 22.4 Å². The second-order valence-corrected chi connectivity index (χ2v) is 7.86. The summed E-state index contributed by atoms with van der Waals surface area (Å²) in [5.74, 6) is -1.08. The first-order valence-electron chi connectivity index (χ1n) is 9.69. The first kappa shape index (κ1) is 22.6. The minimum atomic E-state index is -3.08. The van der Waals surface area contributed by atoms with Crippen molar-refractivity contribution in [1.82, 2.24) is 20.4 Å². The molecule has 6 nitrogen and oxygen atoms in total. The number of amides is 3. The predicted octanol–water partition coefficient (Wildman–Crippen LogP) is 2.93. The number of hydrogen-bond acceptors (Lipinski definition) is 3. The molecule has 0 spiro atoms. The first-order valence-corrected chi connectivity index (χ1v) is 10.1. The fourth-order valence-corrected chi connectivity index (χ4v) is 4.06. The van der Waals surface area contributed by atoms with Crippen molar-refractivity contribution in [2.24, 2.45) is 5.92 Å².